The molecule has 5 nitrogen and oxygen atoms in total. The maximum Gasteiger partial charge on any atom is 0.242 e. The highest BCUT2D eigenvalue weighted by Gasteiger charge is 2.16. The number of aromatic hydroxyl groups is 1. The van der Waals surface area contributed by atoms with E-state index in [-0.39, 0.29) is 10.6 Å². The molecule has 0 amide bonds. The van der Waals surface area contributed by atoms with Gasteiger partial charge in [-0.15, -0.1) is 0 Å². The van der Waals surface area contributed by atoms with E-state index in [1.807, 2.05) is 0 Å². The third-order valence-electron chi connectivity index (χ3n) is 3.15. The molecule has 2 rings (SSSR count). The fraction of sp³-hybridized carbons (Fsp3) is 0.200. The van der Waals surface area contributed by atoms with Crippen molar-refractivity contribution < 1.29 is 18.3 Å². The molecular weight excluding hydrogens is 290 g/mol. The molecule has 0 radical (unpaired) electrons. The molecule has 0 heterocycles. The molecule has 112 valence electrons. The highest BCUT2D eigenvalue weighted by Crippen LogP contribution is 2.31. The second kappa shape index (κ2) is 5.75. The van der Waals surface area contributed by atoms with E-state index in [1.165, 1.54) is 25.5 Å². The van der Waals surface area contributed by atoms with Gasteiger partial charge >= 0.3 is 0 Å². The fourth-order valence-electron chi connectivity index (χ4n) is 1.90. The number of sulfonamides is 1. The summed E-state index contributed by atoms with van der Waals surface area (Å²) in [5.41, 5.74) is 1.59. The second-order valence-electron chi connectivity index (χ2n) is 4.70. The quantitative estimate of drug-likeness (QED) is 0.941. The molecule has 0 aliphatic carbocycles. The van der Waals surface area contributed by atoms with Crippen LogP contribution >= 0.6 is 0 Å². The topological polar surface area (TPSA) is 66.8 Å². The van der Waals surface area contributed by atoms with Crippen LogP contribution in [0.3, 0.4) is 0 Å². The summed E-state index contributed by atoms with van der Waals surface area (Å²) in [6.45, 7) is 0. The molecule has 0 bridgehead atoms. The Bertz CT molecular complexity index is 737. The molecule has 0 atom stereocenters. The van der Waals surface area contributed by atoms with Gasteiger partial charge in [0.15, 0.2) is 11.5 Å². The van der Waals surface area contributed by atoms with Crippen molar-refractivity contribution in [2.75, 3.05) is 21.2 Å². The molecule has 0 aromatic heterocycles. The average molecular weight is 307 g/mol. The molecule has 0 spiro atoms. The first kappa shape index (κ1) is 15.3. The van der Waals surface area contributed by atoms with E-state index < -0.39 is 10.0 Å². The molecule has 0 aliphatic rings. The number of benzene rings is 2. The van der Waals surface area contributed by atoms with Crippen LogP contribution in [0.25, 0.3) is 11.1 Å². The van der Waals surface area contributed by atoms with Crippen LogP contribution in [0.4, 0.5) is 0 Å². The van der Waals surface area contributed by atoms with E-state index in [0.717, 1.165) is 11.1 Å². The smallest absolute Gasteiger partial charge is 0.242 e. The van der Waals surface area contributed by atoms with E-state index in [1.54, 1.807) is 42.5 Å². The average Bonchev–Trinajstić information content (AvgIpc) is 2.47. The Labute approximate surface area is 124 Å². The van der Waals surface area contributed by atoms with Crippen LogP contribution in [-0.4, -0.2) is 39.0 Å². The van der Waals surface area contributed by atoms with Crippen LogP contribution in [0.2, 0.25) is 0 Å². The SMILES string of the molecule is COc1ccc(-c2ccc(S(=O)(=O)N(C)C)cc2)cc1O. The van der Waals surface area contributed by atoms with Crippen molar-refractivity contribution in [3.63, 3.8) is 0 Å². The van der Waals surface area contributed by atoms with Crippen LogP contribution < -0.4 is 4.74 Å². The Morgan fingerprint density at radius 2 is 1.57 bits per heavy atom. The number of methoxy groups -OCH3 is 1. The van der Waals surface area contributed by atoms with E-state index >= 15 is 0 Å². The molecular formula is C15H17NO4S. The van der Waals surface area contributed by atoms with Crippen molar-refractivity contribution in [3.05, 3.63) is 42.5 Å². The Hall–Kier alpha value is -2.05. The van der Waals surface area contributed by atoms with Crippen molar-refractivity contribution in [1.82, 2.24) is 4.31 Å². The lowest BCUT2D eigenvalue weighted by molar-refractivity contribution is 0.373. The van der Waals surface area contributed by atoms with Gasteiger partial charge in [0, 0.05) is 14.1 Å². The van der Waals surface area contributed by atoms with Crippen LogP contribution in [-0.2, 0) is 10.0 Å². The van der Waals surface area contributed by atoms with Gasteiger partial charge in [0.25, 0.3) is 0 Å². The Morgan fingerprint density at radius 1 is 1.00 bits per heavy atom. The summed E-state index contributed by atoms with van der Waals surface area (Å²) < 4.78 is 30.1. The summed E-state index contributed by atoms with van der Waals surface area (Å²) in [5, 5.41) is 9.78. The summed E-state index contributed by atoms with van der Waals surface area (Å²) in [5.74, 6) is 0.436. The van der Waals surface area contributed by atoms with Crippen LogP contribution in [0.1, 0.15) is 0 Å². The van der Waals surface area contributed by atoms with Crippen molar-refractivity contribution in [1.29, 1.82) is 0 Å². The number of ether oxygens (including phenoxy) is 1. The summed E-state index contributed by atoms with van der Waals surface area (Å²) in [6, 6.07) is 11.5. The van der Waals surface area contributed by atoms with Gasteiger partial charge in [-0.05, 0) is 35.4 Å². The standard InChI is InChI=1S/C15H17NO4S/c1-16(2)21(18,19)13-7-4-11(5-8-13)12-6-9-15(20-3)14(17)10-12/h4-10,17H,1-3H3. The lowest BCUT2D eigenvalue weighted by Crippen LogP contribution is -2.22. The monoisotopic (exact) mass is 307 g/mol. The Kier molecular flexibility index (Phi) is 4.20. The Morgan fingerprint density at radius 3 is 2.05 bits per heavy atom. The van der Waals surface area contributed by atoms with Gasteiger partial charge in [-0.2, -0.15) is 0 Å². The zero-order valence-corrected chi connectivity index (χ0v) is 12.9. The largest absolute Gasteiger partial charge is 0.504 e. The van der Waals surface area contributed by atoms with Gasteiger partial charge in [0.1, 0.15) is 0 Å². The minimum absolute atomic E-state index is 0.0417. The summed E-state index contributed by atoms with van der Waals surface area (Å²) in [7, 11) is 1.03. The third kappa shape index (κ3) is 3.01. The van der Waals surface area contributed by atoms with Gasteiger partial charge in [0.05, 0.1) is 12.0 Å². The predicted octanol–water partition coefficient (Wildman–Crippen LogP) is 2.32. The van der Waals surface area contributed by atoms with Gasteiger partial charge in [0.2, 0.25) is 10.0 Å². The molecule has 21 heavy (non-hydrogen) atoms. The Balaban J connectivity index is 2.38. The number of hydrogen-bond acceptors (Lipinski definition) is 4. The number of hydrogen-bond donors (Lipinski definition) is 1. The van der Waals surface area contributed by atoms with Crippen LogP contribution in [0, 0.1) is 0 Å². The number of nitrogens with zero attached hydrogens (tertiary/aromatic N) is 1. The summed E-state index contributed by atoms with van der Waals surface area (Å²) >= 11 is 0. The summed E-state index contributed by atoms with van der Waals surface area (Å²) in [6.07, 6.45) is 0. The van der Waals surface area contributed by atoms with Crippen LogP contribution in [0.5, 0.6) is 11.5 Å². The normalized spacial score (nSPS) is 11.6. The molecule has 0 unspecified atom stereocenters. The maximum atomic E-state index is 12.0. The highest BCUT2D eigenvalue weighted by atomic mass is 32.2. The van der Waals surface area contributed by atoms with E-state index in [0.29, 0.717) is 5.75 Å². The van der Waals surface area contributed by atoms with Crippen molar-refractivity contribution in [2.45, 2.75) is 4.90 Å². The zero-order valence-electron chi connectivity index (χ0n) is 12.1. The highest BCUT2D eigenvalue weighted by molar-refractivity contribution is 7.89. The number of rotatable bonds is 4. The molecule has 1 N–H and O–H groups in total. The number of phenols is 1. The lowest BCUT2D eigenvalue weighted by atomic mass is 10.1. The second-order valence-corrected chi connectivity index (χ2v) is 6.85. The zero-order chi connectivity index (χ0) is 15.6. The minimum atomic E-state index is -3.43. The first-order valence-corrected chi connectivity index (χ1v) is 7.70. The maximum absolute atomic E-state index is 12.0. The third-order valence-corrected chi connectivity index (χ3v) is 4.97. The minimum Gasteiger partial charge on any atom is -0.504 e. The predicted molar refractivity (Wildman–Crippen MR) is 81.0 cm³/mol. The van der Waals surface area contributed by atoms with Crippen molar-refractivity contribution in [2.24, 2.45) is 0 Å². The van der Waals surface area contributed by atoms with E-state index in [2.05, 4.69) is 0 Å². The first-order valence-electron chi connectivity index (χ1n) is 6.26. The van der Waals surface area contributed by atoms with Crippen LogP contribution in [0.15, 0.2) is 47.4 Å². The molecule has 2 aromatic rings. The molecule has 6 heteroatoms. The van der Waals surface area contributed by atoms with Gasteiger partial charge < -0.3 is 9.84 Å². The molecule has 0 fully saturated rings. The molecule has 0 saturated heterocycles. The van der Waals surface area contributed by atoms with Gasteiger partial charge in [-0.3, -0.25) is 0 Å². The van der Waals surface area contributed by atoms with Crippen molar-refractivity contribution >= 4 is 10.0 Å². The molecule has 2 aromatic carbocycles. The molecule has 0 aliphatic heterocycles. The first-order chi connectivity index (χ1) is 9.86. The fourth-order valence-corrected chi connectivity index (χ4v) is 2.80. The van der Waals surface area contributed by atoms with Crippen molar-refractivity contribution in [3.8, 4) is 22.6 Å². The van der Waals surface area contributed by atoms with E-state index in [9.17, 15) is 13.5 Å². The lowest BCUT2D eigenvalue weighted by Gasteiger charge is -2.12. The number of phenolic OH excluding ortho intramolecular Hbond substituents is 1. The van der Waals surface area contributed by atoms with E-state index in [4.69, 9.17) is 4.74 Å². The van der Waals surface area contributed by atoms with Gasteiger partial charge in [-0.25, -0.2) is 12.7 Å². The summed E-state index contributed by atoms with van der Waals surface area (Å²) in [4.78, 5) is 0.231. The van der Waals surface area contributed by atoms with Gasteiger partial charge in [-0.1, -0.05) is 18.2 Å². The molecule has 0 saturated carbocycles.